The first kappa shape index (κ1) is 14.2. The fraction of sp³-hybridized carbons (Fsp3) is 0.600. The summed E-state index contributed by atoms with van der Waals surface area (Å²) in [7, 11) is 1.70. The van der Waals surface area contributed by atoms with Crippen LogP contribution in [0.15, 0.2) is 24.3 Å². The Morgan fingerprint density at radius 3 is 2.32 bits per heavy atom. The number of rotatable bonds is 5. The summed E-state index contributed by atoms with van der Waals surface area (Å²) < 4.78 is 5.19. The molecule has 2 rings (SSSR count). The van der Waals surface area contributed by atoms with E-state index in [9.17, 15) is 0 Å². The molecule has 1 aliphatic heterocycles. The van der Waals surface area contributed by atoms with Gasteiger partial charge in [0.2, 0.25) is 0 Å². The number of benzene rings is 1. The van der Waals surface area contributed by atoms with Gasteiger partial charge >= 0.3 is 0 Å². The summed E-state index contributed by atoms with van der Waals surface area (Å²) >= 11 is 0. The maximum absolute atomic E-state index is 5.63. The van der Waals surface area contributed by atoms with Gasteiger partial charge < -0.3 is 15.4 Å². The molecule has 1 aromatic rings. The van der Waals surface area contributed by atoms with E-state index in [1.54, 1.807) is 7.11 Å². The van der Waals surface area contributed by atoms with Crippen LogP contribution < -0.4 is 15.4 Å². The zero-order chi connectivity index (χ0) is 13.7. The molecule has 0 amide bonds. The van der Waals surface area contributed by atoms with Crippen LogP contribution >= 0.6 is 0 Å². The number of ether oxygens (including phenoxy) is 1. The Morgan fingerprint density at radius 2 is 1.79 bits per heavy atom. The fourth-order valence-corrected chi connectivity index (χ4v) is 2.64. The molecule has 1 fully saturated rings. The topological polar surface area (TPSA) is 41.7 Å². The second-order valence-corrected chi connectivity index (χ2v) is 5.15. The second kappa shape index (κ2) is 6.78. The number of piperazine rings is 1. The molecule has 4 heteroatoms. The van der Waals surface area contributed by atoms with Gasteiger partial charge in [-0.05, 0) is 44.2 Å². The lowest BCUT2D eigenvalue weighted by Gasteiger charge is -2.39. The number of methoxy groups -OCH3 is 1. The Hall–Kier alpha value is -1.26. The van der Waals surface area contributed by atoms with Crippen molar-refractivity contribution in [1.29, 1.82) is 0 Å². The van der Waals surface area contributed by atoms with Gasteiger partial charge in [-0.15, -0.1) is 0 Å². The largest absolute Gasteiger partial charge is 0.497 e. The average molecular weight is 263 g/mol. The fourth-order valence-electron chi connectivity index (χ4n) is 2.64. The zero-order valence-corrected chi connectivity index (χ0v) is 12.0. The van der Waals surface area contributed by atoms with E-state index in [0.717, 1.165) is 44.9 Å². The summed E-state index contributed by atoms with van der Waals surface area (Å²) in [5.74, 6) is 0.916. The van der Waals surface area contributed by atoms with Gasteiger partial charge in [-0.2, -0.15) is 0 Å². The third-order valence-electron chi connectivity index (χ3n) is 3.96. The van der Waals surface area contributed by atoms with E-state index >= 15 is 0 Å². The first-order valence-corrected chi connectivity index (χ1v) is 7.07. The minimum atomic E-state index is 0.600. The molecule has 0 bridgehead atoms. The van der Waals surface area contributed by atoms with E-state index in [0.29, 0.717) is 6.04 Å². The molecule has 106 valence electrons. The standard InChI is InChI=1S/C15H25N3O/c1-13(7-8-16)17-9-11-18(12-10-17)14-3-5-15(19-2)6-4-14/h3-6,13H,7-12,16H2,1-2H3. The van der Waals surface area contributed by atoms with Crippen LogP contribution in [-0.2, 0) is 0 Å². The Labute approximate surface area is 116 Å². The minimum Gasteiger partial charge on any atom is -0.497 e. The third kappa shape index (κ3) is 3.61. The SMILES string of the molecule is COc1ccc(N2CCN(C(C)CCN)CC2)cc1. The highest BCUT2D eigenvalue weighted by Gasteiger charge is 2.20. The van der Waals surface area contributed by atoms with Gasteiger partial charge in [0.15, 0.2) is 0 Å². The molecule has 0 spiro atoms. The van der Waals surface area contributed by atoms with Crippen LogP contribution in [0.25, 0.3) is 0 Å². The van der Waals surface area contributed by atoms with Gasteiger partial charge in [-0.25, -0.2) is 0 Å². The highest BCUT2D eigenvalue weighted by Crippen LogP contribution is 2.21. The van der Waals surface area contributed by atoms with Gasteiger partial charge in [0.25, 0.3) is 0 Å². The second-order valence-electron chi connectivity index (χ2n) is 5.15. The summed E-state index contributed by atoms with van der Waals surface area (Å²) in [6, 6.07) is 8.93. The highest BCUT2D eigenvalue weighted by molar-refractivity contribution is 5.49. The maximum atomic E-state index is 5.63. The minimum absolute atomic E-state index is 0.600. The van der Waals surface area contributed by atoms with Gasteiger partial charge in [-0.3, -0.25) is 4.90 Å². The van der Waals surface area contributed by atoms with E-state index in [1.165, 1.54) is 5.69 Å². The number of hydrogen-bond acceptors (Lipinski definition) is 4. The lowest BCUT2D eigenvalue weighted by atomic mass is 10.1. The zero-order valence-electron chi connectivity index (χ0n) is 12.0. The lowest BCUT2D eigenvalue weighted by Crippen LogP contribution is -2.50. The van der Waals surface area contributed by atoms with Crippen LogP contribution in [0.5, 0.6) is 5.75 Å². The van der Waals surface area contributed by atoms with Crippen molar-refractivity contribution in [1.82, 2.24) is 4.90 Å². The molecule has 1 saturated heterocycles. The van der Waals surface area contributed by atoms with Crippen molar-refractivity contribution in [2.24, 2.45) is 5.73 Å². The number of anilines is 1. The molecule has 4 nitrogen and oxygen atoms in total. The summed E-state index contributed by atoms with van der Waals surface area (Å²) in [5, 5.41) is 0. The molecule has 0 aromatic heterocycles. The smallest absolute Gasteiger partial charge is 0.119 e. The average Bonchev–Trinajstić information content (AvgIpc) is 2.48. The van der Waals surface area contributed by atoms with Crippen molar-refractivity contribution >= 4 is 5.69 Å². The summed E-state index contributed by atoms with van der Waals surface area (Å²) in [5.41, 5.74) is 6.92. The highest BCUT2D eigenvalue weighted by atomic mass is 16.5. The quantitative estimate of drug-likeness (QED) is 0.875. The van der Waals surface area contributed by atoms with Crippen LogP contribution in [0.1, 0.15) is 13.3 Å². The van der Waals surface area contributed by atoms with E-state index in [1.807, 2.05) is 12.1 Å². The van der Waals surface area contributed by atoms with Gasteiger partial charge in [0.1, 0.15) is 5.75 Å². The molecule has 0 aliphatic carbocycles. The summed E-state index contributed by atoms with van der Waals surface area (Å²) in [6.45, 7) is 7.46. The van der Waals surface area contributed by atoms with Gasteiger partial charge in [0, 0.05) is 37.9 Å². The van der Waals surface area contributed by atoms with E-state index < -0.39 is 0 Å². The van der Waals surface area contributed by atoms with Crippen LogP contribution in [0.3, 0.4) is 0 Å². The van der Waals surface area contributed by atoms with E-state index in [-0.39, 0.29) is 0 Å². The molecule has 1 aliphatic rings. The predicted octanol–water partition coefficient (Wildman–Crippen LogP) is 1.55. The summed E-state index contributed by atoms with van der Waals surface area (Å²) in [4.78, 5) is 4.97. The van der Waals surface area contributed by atoms with Crippen molar-refractivity contribution in [3.63, 3.8) is 0 Å². The van der Waals surface area contributed by atoms with Crippen molar-refractivity contribution in [2.45, 2.75) is 19.4 Å². The summed E-state index contributed by atoms with van der Waals surface area (Å²) in [6.07, 6.45) is 1.09. The molecule has 19 heavy (non-hydrogen) atoms. The van der Waals surface area contributed by atoms with Crippen LogP contribution in [-0.4, -0.2) is 50.8 Å². The van der Waals surface area contributed by atoms with E-state index in [2.05, 4.69) is 28.9 Å². The van der Waals surface area contributed by atoms with Gasteiger partial charge in [-0.1, -0.05) is 0 Å². The molecule has 0 radical (unpaired) electrons. The molecule has 1 atom stereocenters. The molecule has 1 heterocycles. The van der Waals surface area contributed by atoms with Crippen molar-refractivity contribution in [3.05, 3.63) is 24.3 Å². The molecular weight excluding hydrogens is 238 g/mol. The van der Waals surface area contributed by atoms with Crippen molar-refractivity contribution in [3.8, 4) is 5.75 Å². The molecule has 2 N–H and O–H groups in total. The van der Waals surface area contributed by atoms with Crippen LogP contribution in [0, 0.1) is 0 Å². The first-order valence-electron chi connectivity index (χ1n) is 7.07. The third-order valence-corrected chi connectivity index (χ3v) is 3.96. The predicted molar refractivity (Wildman–Crippen MR) is 79.9 cm³/mol. The number of nitrogens with zero attached hydrogens (tertiary/aromatic N) is 2. The Balaban J connectivity index is 1.88. The van der Waals surface area contributed by atoms with Crippen molar-refractivity contribution < 1.29 is 4.74 Å². The van der Waals surface area contributed by atoms with Crippen molar-refractivity contribution in [2.75, 3.05) is 44.7 Å². The van der Waals surface area contributed by atoms with Gasteiger partial charge in [0.05, 0.1) is 7.11 Å². The number of hydrogen-bond donors (Lipinski definition) is 1. The first-order chi connectivity index (χ1) is 9.24. The molecule has 0 saturated carbocycles. The van der Waals surface area contributed by atoms with Crippen LogP contribution in [0.4, 0.5) is 5.69 Å². The normalized spacial score (nSPS) is 18.4. The molecule has 1 unspecified atom stereocenters. The molecule has 1 aromatic carbocycles. The Kier molecular flexibility index (Phi) is 5.05. The Bertz CT molecular complexity index is 371. The molecular formula is C15H25N3O. The number of nitrogens with two attached hydrogens (primary N) is 1. The monoisotopic (exact) mass is 263 g/mol. The van der Waals surface area contributed by atoms with E-state index in [4.69, 9.17) is 10.5 Å². The lowest BCUT2D eigenvalue weighted by molar-refractivity contribution is 0.190. The Morgan fingerprint density at radius 1 is 1.16 bits per heavy atom. The van der Waals surface area contributed by atoms with Crippen LogP contribution in [0.2, 0.25) is 0 Å². The maximum Gasteiger partial charge on any atom is 0.119 e.